The average Bonchev–Trinajstić information content (AvgIpc) is 3.07. The Hall–Kier alpha value is -4.70. The zero-order chi connectivity index (χ0) is 33.1. The van der Waals surface area contributed by atoms with E-state index in [4.69, 9.17) is 4.74 Å². The van der Waals surface area contributed by atoms with Gasteiger partial charge < -0.3 is 15.0 Å². The van der Waals surface area contributed by atoms with Gasteiger partial charge in [-0.15, -0.1) is 0 Å². The van der Waals surface area contributed by atoms with Crippen LogP contribution >= 0.6 is 0 Å². The summed E-state index contributed by atoms with van der Waals surface area (Å²) in [5, 5.41) is 2.97. The lowest BCUT2D eigenvalue weighted by molar-refractivity contribution is -0.140. The van der Waals surface area contributed by atoms with E-state index >= 15 is 0 Å². The normalized spacial score (nSPS) is 11.8. The van der Waals surface area contributed by atoms with Crippen LogP contribution in [0.4, 0.5) is 10.1 Å². The fraction of sp³-hybridized carbons (Fsp3) is 0.278. The van der Waals surface area contributed by atoms with Crippen LogP contribution in [0.25, 0.3) is 0 Å². The maximum atomic E-state index is 14.5. The van der Waals surface area contributed by atoms with Crippen molar-refractivity contribution in [3.8, 4) is 5.75 Å². The van der Waals surface area contributed by atoms with E-state index in [1.807, 2.05) is 68.4 Å². The molecule has 0 aliphatic heterocycles. The molecule has 242 valence electrons. The summed E-state index contributed by atoms with van der Waals surface area (Å²) in [5.41, 5.74) is 2.77. The number of hydrogen-bond donors (Lipinski definition) is 1. The number of benzene rings is 4. The molecule has 0 aromatic heterocycles. The zero-order valence-electron chi connectivity index (χ0n) is 26.4. The van der Waals surface area contributed by atoms with Crippen LogP contribution < -0.4 is 14.4 Å². The molecule has 2 amide bonds. The topological polar surface area (TPSA) is 96.0 Å². The van der Waals surface area contributed by atoms with Crippen molar-refractivity contribution in [3.05, 3.63) is 126 Å². The monoisotopic (exact) mass is 645 g/mol. The van der Waals surface area contributed by atoms with Crippen molar-refractivity contribution in [3.63, 3.8) is 0 Å². The highest BCUT2D eigenvalue weighted by Gasteiger charge is 2.34. The molecule has 0 spiro atoms. The molecule has 0 aliphatic rings. The number of sulfonamides is 1. The number of carbonyl (C=O) groups excluding carboxylic acids is 2. The first-order chi connectivity index (χ1) is 22.1. The van der Waals surface area contributed by atoms with E-state index in [1.165, 1.54) is 48.4 Å². The molecule has 0 radical (unpaired) electrons. The van der Waals surface area contributed by atoms with Gasteiger partial charge in [0.25, 0.3) is 10.0 Å². The molecule has 1 atom stereocenters. The second-order valence-electron chi connectivity index (χ2n) is 11.0. The Balaban J connectivity index is 1.78. The number of nitrogens with one attached hydrogen (secondary N) is 1. The van der Waals surface area contributed by atoms with E-state index < -0.39 is 34.3 Å². The highest BCUT2D eigenvalue weighted by Crippen LogP contribution is 2.26. The van der Waals surface area contributed by atoms with Crippen molar-refractivity contribution in [1.29, 1.82) is 0 Å². The smallest absolute Gasteiger partial charge is 0.264 e. The molecule has 0 unspecified atom stereocenters. The number of hydrogen-bond acceptors (Lipinski definition) is 5. The molecule has 0 fully saturated rings. The predicted molar refractivity (Wildman–Crippen MR) is 178 cm³/mol. The molecule has 4 rings (SSSR count). The molecular weight excluding hydrogens is 605 g/mol. The molecule has 0 bridgehead atoms. The molecular formula is C36H40FN3O5S. The van der Waals surface area contributed by atoms with Crippen molar-refractivity contribution in [1.82, 2.24) is 10.2 Å². The summed E-state index contributed by atoms with van der Waals surface area (Å²) in [6.45, 7) is 3.86. The van der Waals surface area contributed by atoms with Crippen LogP contribution in [-0.4, -0.2) is 51.4 Å². The van der Waals surface area contributed by atoms with Crippen LogP contribution in [0.5, 0.6) is 5.75 Å². The number of unbranched alkanes of at least 4 members (excludes halogenated alkanes) is 1. The maximum Gasteiger partial charge on any atom is 0.264 e. The van der Waals surface area contributed by atoms with Gasteiger partial charge in [0, 0.05) is 19.5 Å². The first-order valence-electron chi connectivity index (χ1n) is 15.2. The third-order valence-electron chi connectivity index (χ3n) is 7.62. The van der Waals surface area contributed by atoms with Gasteiger partial charge in [0.2, 0.25) is 11.8 Å². The van der Waals surface area contributed by atoms with Crippen molar-refractivity contribution in [2.24, 2.45) is 0 Å². The molecule has 46 heavy (non-hydrogen) atoms. The quantitative estimate of drug-likeness (QED) is 0.163. The summed E-state index contributed by atoms with van der Waals surface area (Å²) in [7, 11) is -2.84. The lowest BCUT2D eigenvalue weighted by atomic mass is 10.0. The van der Waals surface area contributed by atoms with Crippen LogP contribution in [0.2, 0.25) is 0 Å². The number of nitrogens with zero attached hydrogens (tertiary/aromatic N) is 2. The highest BCUT2D eigenvalue weighted by atomic mass is 32.2. The molecule has 4 aromatic rings. The number of halogens is 1. The SMILES string of the molecule is CCCCNC(=O)[C@H](Cc1ccccc1)N(Cc1ccc(C)cc1)C(=O)CN(c1ccc(F)cc1)S(=O)(=O)c1ccc(OC)cc1. The Morgan fingerprint density at radius 3 is 2.13 bits per heavy atom. The number of aryl methyl sites for hydroxylation is 1. The van der Waals surface area contributed by atoms with E-state index in [9.17, 15) is 22.4 Å². The van der Waals surface area contributed by atoms with Gasteiger partial charge in [-0.25, -0.2) is 12.8 Å². The van der Waals surface area contributed by atoms with Gasteiger partial charge in [-0.1, -0.05) is 73.5 Å². The number of ether oxygens (including phenoxy) is 1. The molecule has 0 saturated heterocycles. The summed E-state index contributed by atoms with van der Waals surface area (Å²) < 4.78 is 48.2. The minimum Gasteiger partial charge on any atom is -0.497 e. The number of anilines is 1. The summed E-state index contributed by atoms with van der Waals surface area (Å²) in [4.78, 5) is 29.6. The fourth-order valence-electron chi connectivity index (χ4n) is 4.96. The summed E-state index contributed by atoms with van der Waals surface area (Å²) in [6, 6.07) is 26.8. The Morgan fingerprint density at radius 2 is 1.52 bits per heavy atom. The van der Waals surface area contributed by atoms with Crippen LogP contribution in [0, 0.1) is 12.7 Å². The summed E-state index contributed by atoms with van der Waals surface area (Å²) >= 11 is 0. The van der Waals surface area contributed by atoms with Gasteiger partial charge in [-0.3, -0.25) is 13.9 Å². The van der Waals surface area contributed by atoms with Crippen LogP contribution in [-0.2, 0) is 32.6 Å². The van der Waals surface area contributed by atoms with Gasteiger partial charge in [0.05, 0.1) is 17.7 Å². The molecule has 1 N–H and O–H groups in total. The summed E-state index contributed by atoms with van der Waals surface area (Å²) in [5.74, 6) is -1.01. The Bertz CT molecular complexity index is 1680. The Labute approximate surface area is 270 Å². The fourth-order valence-corrected chi connectivity index (χ4v) is 6.38. The average molecular weight is 646 g/mol. The minimum absolute atomic E-state index is 0.0671. The highest BCUT2D eigenvalue weighted by molar-refractivity contribution is 7.92. The van der Waals surface area contributed by atoms with E-state index in [0.29, 0.717) is 12.3 Å². The molecule has 4 aromatic carbocycles. The van der Waals surface area contributed by atoms with Crippen LogP contribution in [0.1, 0.15) is 36.5 Å². The first-order valence-corrected chi connectivity index (χ1v) is 16.7. The van der Waals surface area contributed by atoms with Crippen LogP contribution in [0.15, 0.2) is 108 Å². The first kappa shape index (κ1) is 34.2. The molecule has 8 nitrogen and oxygen atoms in total. The van der Waals surface area contributed by atoms with Gasteiger partial charge in [0.15, 0.2) is 0 Å². The predicted octanol–water partition coefficient (Wildman–Crippen LogP) is 5.89. The molecule has 0 heterocycles. The van der Waals surface area contributed by atoms with Crippen molar-refractivity contribution in [2.75, 3.05) is 24.5 Å². The van der Waals surface area contributed by atoms with Gasteiger partial charge in [-0.2, -0.15) is 0 Å². The zero-order valence-corrected chi connectivity index (χ0v) is 27.2. The number of methoxy groups -OCH3 is 1. The van der Waals surface area contributed by atoms with Crippen molar-refractivity contribution >= 4 is 27.5 Å². The second kappa shape index (κ2) is 16.0. The third kappa shape index (κ3) is 8.94. The second-order valence-corrected chi connectivity index (χ2v) is 12.9. The summed E-state index contributed by atoms with van der Waals surface area (Å²) in [6.07, 6.45) is 1.87. The third-order valence-corrected chi connectivity index (χ3v) is 9.40. The van der Waals surface area contributed by atoms with E-state index in [2.05, 4.69) is 5.32 Å². The Morgan fingerprint density at radius 1 is 0.870 bits per heavy atom. The van der Waals surface area contributed by atoms with E-state index in [1.54, 1.807) is 0 Å². The number of rotatable bonds is 15. The maximum absolute atomic E-state index is 14.5. The van der Waals surface area contributed by atoms with E-state index in [0.717, 1.165) is 46.0 Å². The number of carbonyl (C=O) groups is 2. The lowest BCUT2D eigenvalue weighted by Crippen LogP contribution is -2.53. The van der Waals surface area contributed by atoms with Crippen molar-refractivity contribution < 1.29 is 27.1 Å². The van der Waals surface area contributed by atoms with Crippen LogP contribution in [0.3, 0.4) is 0 Å². The standard InChI is InChI=1S/C36H40FN3O5S/c1-4-5-23-38-36(42)34(24-28-9-7-6-8-10-28)39(25-29-13-11-27(2)12-14-29)35(41)26-40(31-17-15-30(37)16-18-31)46(43,44)33-21-19-32(45-3)20-22-33/h6-22,34H,4-5,23-26H2,1-3H3,(H,38,42)/t34-/m0/s1. The van der Waals surface area contributed by atoms with Gasteiger partial charge in [-0.05, 0) is 73.0 Å². The van der Waals surface area contributed by atoms with Crippen molar-refractivity contribution in [2.45, 2.75) is 50.6 Å². The number of amides is 2. The van der Waals surface area contributed by atoms with Gasteiger partial charge >= 0.3 is 0 Å². The van der Waals surface area contributed by atoms with Gasteiger partial charge in [0.1, 0.15) is 24.2 Å². The molecule has 0 aliphatic carbocycles. The molecule has 0 saturated carbocycles. The lowest BCUT2D eigenvalue weighted by Gasteiger charge is -2.34. The Kier molecular flexibility index (Phi) is 11.9. The van der Waals surface area contributed by atoms with E-state index in [-0.39, 0.29) is 29.5 Å². The largest absolute Gasteiger partial charge is 0.497 e. The molecule has 10 heteroatoms. The minimum atomic E-state index is -4.31.